The van der Waals surface area contributed by atoms with Gasteiger partial charge < -0.3 is 20.1 Å². The number of carbonyl (C=O) groups excluding carboxylic acids is 1. The van der Waals surface area contributed by atoms with Gasteiger partial charge >= 0.3 is 0 Å². The predicted octanol–water partition coefficient (Wildman–Crippen LogP) is 2.10. The van der Waals surface area contributed by atoms with Crippen molar-refractivity contribution in [3.8, 4) is 11.5 Å². The molecule has 0 aromatic heterocycles. The first-order valence-corrected chi connectivity index (χ1v) is 8.39. The van der Waals surface area contributed by atoms with Crippen molar-refractivity contribution in [2.45, 2.75) is 32.2 Å². The molecule has 1 saturated heterocycles. The smallest absolute Gasteiger partial charge is 0.228 e. The lowest BCUT2D eigenvalue weighted by Gasteiger charge is -2.37. The van der Waals surface area contributed by atoms with E-state index in [1.54, 1.807) is 14.2 Å². The second kappa shape index (κ2) is 6.79. The summed E-state index contributed by atoms with van der Waals surface area (Å²) in [7, 11) is 3.28. The van der Waals surface area contributed by atoms with E-state index >= 15 is 0 Å². The van der Waals surface area contributed by atoms with Crippen LogP contribution in [0.15, 0.2) is 18.2 Å². The second-order valence-electron chi connectivity index (χ2n) is 6.59. The van der Waals surface area contributed by atoms with Crippen molar-refractivity contribution in [2.75, 3.05) is 27.3 Å². The Morgan fingerprint density at radius 1 is 1.35 bits per heavy atom. The zero-order valence-electron chi connectivity index (χ0n) is 14.0. The summed E-state index contributed by atoms with van der Waals surface area (Å²) in [6.07, 6.45) is 4.54. The molecule has 2 aliphatic rings. The summed E-state index contributed by atoms with van der Waals surface area (Å²) >= 11 is 0. The standard InChI is InChI=1S/C18H26N2O3/c1-22-15-6-7-16(23-2)13(9-15)10-20-17(21)18-8-4-3-5-14(18)11-19-12-18/h6-7,9,14,19H,3-5,8,10-12H2,1-2H3,(H,20,21)/t14-,18+/m0/s1. The summed E-state index contributed by atoms with van der Waals surface area (Å²) in [5.74, 6) is 2.19. The second-order valence-corrected chi connectivity index (χ2v) is 6.59. The summed E-state index contributed by atoms with van der Waals surface area (Å²) in [6, 6.07) is 5.65. The van der Waals surface area contributed by atoms with Crippen LogP contribution in [0.1, 0.15) is 31.2 Å². The molecule has 0 bridgehead atoms. The van der Waals surface area contributed by atoms with E-state index in [1.165, 1.54) is 6.42 Å². The van der Waals surface area contributed by atoms with Gasteiger partial charge in [-0.15, -0.1) is 0 Å². The highest BCUT2D eigenvalue weighted by molar-refractivity contribution is 5.84. The van der Waals surface area contributed by atoms with Crippen LogP contribution in [0.25, 0.3) is 0 Å². The number of amides is 1. The number of hydrogen-bond donors (Lipinski definition) is 2. The maximum absolute atomic E-state index is 12.9. The number of methoxy groups -OCH3 is 2. The number of nitrogens with one attached hydrogen (secondary N) is 2. The van der Waals surface area contributed by atoms with Crippen LogP contribution in [0.4, 0.5) is 0 Å². The lowest BCUT2D eigenvalue weighted by atomic mass is 9.67. The molecule has 1 heterocycles. The van der Waals surface area contributed by atoms with Gasteiger partial charge in [-0.05, 0) is 43.5 Å². The molecule has 0 radical (unpaired) electrons. The van der Waals surface area contributed by atoms with E-state index in [9.17, 15) is 4.79 Å². The zero-order chi connectivity index (χ0) is 16.3. The molecular weight excluding hydrogens is 292 g/mol. The Morgan fingerprint density at radius 2 is 2.22 bits per heavy atom. The maximum atomic E-state index is 12.9. The van der Waals surface area contributed by atoms with Gasteiger partial charge in [0.2, 0.25) is 5.91 Å². The zero-order valence-corrected chi connectivity index (χ0v) is 14.0. The molecule has 1 aliphatic heterocycles. The van der Waals surface area contributed by atoms with Crippen molar-refractivity contribution in [1.82, 2.24) is 10.6 Å². The first-order chi connectivity index (χ1) is 11.2. The van der Waals surface area contributed by atoms with Crippen LogP contribution < -0.4 is 20.1 Å². The average Bonchev–Trinajstić information content (AvgIpc) is 3.04. The van der Waals surface area contributed by atoms with E-state index in [-0.39, 0.29) is 11.3 Å². The molecule has 2 atom stereocenters. The Kier molecular flexibility index (Phi) is 4.76. The first kappa shape index (κ1) is 16.1. The molecule has 1 aromatic carbocycles. The Labute approximate surface area is 137 Å². The summed E-state index contributed by atoms with van der Waals surface area (Å²) in [6.45, 7) is 2.24. The molecule has 0 spiro atoms. The topological polar surface area (TPSA) is 59.6 Å². The van der Waals surface area contributed by atoms with Gasteiger partial charge in [-0.3, -0.25) is 4.79 Å². The summed E-state index contributed by atoms with van der Waals surface area (Å²) in [5.41, 5.74) is 0.722. The minimum atomic E-state index is -0.218. The molecule has 2 N–H and O–H groups in total. The summed E-state index contributed by atoms with van der Waals surface area (Å²) < 4.78 is 10.7. The fourth-order valence-corrected chi connectivity index (χ4v) is 4.06. The lowest BCUT2D eigenvalue weighted by Crippen LogP contribution is -2.47. The van der Waals surface area contributed by atoms with Crippen LogP contribution in [0.5, 0.6) is 11.5 Å². The Bertz CT molecular complexity index is 575. The van der Waals surface area contributed by atoms with E-state index in [0.29, 0.717) is 12.5 Å². The van der Waals surface area contributed by atoms with Crippen LogP contribution in [-0.4, -0.2) is 33.2 Å². The molecule has 2 fully saturated rings. The van der Waals surface area contributed by atoms with Crippen molar-refractivity contribution in [1.29, 1.82) is 0 Å². The highest BCUT2D eigenvalue weighted by Crippen LogP contribution is 2.44. The minimum absolute atomic E-state index is 0.178. The monoisotopic (exact) mass is 318 g/mol. The fraction of sp³-hybridized carbons (Fsp3) is 0.611. The Balaban J connectivity index is 1.71. The molecular formula is C18H26N2O3. The minimum Gasteiger partial charge on any atom is -0.497 e. The number of hydrogen-bond acceptors (Lipinski definition) is 4. The van der Waals surface area contributed by atoms with Crippen LogP contribution in [0, 0.1) is 11.3 Å². The van der Waals surface area contributed by atoms with Gasteiger partial charge in [0.05, 0.1) is 19.6 Å². The average molecular weight is 318 g/mol. The van der Waals surface area contributed by atoms with Crippen LogP contribution in [0.2, 0.25) is 0 Å². The van der Waals surface area contributed by atoms with E-state index < -0.39 is 0 Å². The predicted molar refractivity (Wildman–Crippen MR) is 88.7 cm³/mol. The number of rotatable bonds is 5. The quantitative estimate of drug-likeness (QED) is 0.873. The number of carbonyl (C=O) groups is 1. The molecule has 23 heavy (non-hydrogen) atoms. The van der Waals surface area contributed by atoms with Gasteiger partial charge in [-0.25, -0.2) is 0 Å². The molecule has 126 valence electrons. The fourth-order valence-electron chi connectivity index (χ4n) is 4.06. The largest absolute Gasteiger partial charge is 0.497 e. The van der Waals surface area contributed by atoms with E-state index in [2.05, 4.69) is 10.6 Å². The van der Waals surface area contributed by atoms with Crippen molar-refractivity contribution < 1.29 is 14.3 Å². The maximum Gasteiger partial charge on any atom is 0.228 e. The van der Waals surface area contributed by atoms with Gasteiger partial charge in [0.1, 0.15) is 11.5 Å². The molecule has 1 aliphatic carbocycles. The molecule has 1 saturated carbocycles. The van der Waals surface area contributed by atoms with Gasteiger partial charge in [0, 0.05) is 18.7 Å². The van der Waals surface area contributed by atoms with Crippen molar-refractivity contribution in [3.63, 3.8) is 0 Å². The third-order valence-electron chi connectivity index (χ3n) is 5.42. The summed E-state index contributed by atoms with van der Waals surface area (Å²) in [5, 5.41) is 6.56. The number of fused-ring (bicyclic) bond motifs is 1. The van der Waals surface area contributed by atoms with Crippen molar-refractivity contribution in [3.05, 3.63) is 23.8 Å². The van der Waals surface area contributed by atoms with Crippen molar-refractivity contribution in [2.24, 2.45) is 11.3 Å². The third kappa shape index (κ3) is 3.02. The van der Waals surface area contributed by atoms with E-state index in [4.69, 9.17) is 9.47 Å². The number of ether oxygens (including phenoxy) is 2. The third-order valence-corrected chi connectivity index (χ3v) is 5.42. The number of benzene rings is 1. The van der Waals surface area contributed by atoms with Crippen LogP contribution >= 0.6 is 0 Å². The normalized spacial score (nSPS) is 26.4. The highest BCUT2D eigenvalue weighted by Gasteiger charge is 2.49. The van der Waals surface area contributed by atoms with Crippen LogP contribution in [0.3, 0.4) is 0 Å². The summed E-state index contributed by atoms with van der Waals surface area (Å²) in [4.78, 5) is 12.9. The SMILES string of the molecule is COc1ccc(OC)c(CNC(=O)[C@@]23CCCC[C@H]2CNC3)c1. The van der Waals surface area contributed by atoms with E-state index in [1.807, 2.05) is 18.2 Å². The van der Waals surface area contributed by atoms with E-state index in [0.717, 1.165) is 49.4 Å². The molecule has 0 unspecified atom stereocenters. The Hall–Kier alpha value is -1.75. The van der Waals surface area contributed by atoms with Gasteiger partial charge in [-0.2, -0.15) is 0 Å². The van der Waals surface area contributed by atoms with Gasteiger partial charge in [0.15, 0.2) is 0 Å². The molecule has 3 rings (SSSR count). The molecule has 1 aromatic rings. The molecule has 5 heteroatoms. The highest BCUT2D eigenvalue weighted by atomic mass is 16.5. The molecule has 5 nitrogen and oxygen atoms in total. The first-order valence-electron chi connectivity index (χ1n) is 8.39. The van der Waals surface area contributed by atoms with Crippen molar-refractivity contribution >= 4 is 5.91 Å². The van der Waals surface area contributed by atoms with Gasteiger partial charge in [-0.1, -0.05) is 12.8 Å². The van der Waals surface area contributed by atoms with Gasteiger partial charge in [0.25, 0.3) is 0 Å². The lowest BCUT2D eigenvalue weighted by molar-refractivity contribution is -0.134. The van der Waals surface area contributed by atoms with Crippen LogP contribution in [-0.2, 0) is 11.3 Å². The Morgan fingerprint density at radius 3 is 3.00 bits per heavy atom. The molecule has 1 amide bonds.